The average molecular weight is 483 g/mol. The van der Waals surface area contributed by atoms with Crippen LogP contribution in [0.25, 0.3) is 6.08 Å². The van der Waals surface area contributed by atoms with Crippen molar-refractivity contribution in [1.82, 2.24) is 4.90 Å². The summed E-state index contributed by atoms with van der Waals surface area (Å²) in [6.07, 6.45) is 1.77. The summed E-state index contributed by atoms with van der Waals surface area (Å²) in [6.45, 7) is 1.83. The van der Waals surface area contributed by atoms with Gasteiger partial charge in [0.25, 0.3) is 0 Å². The first-order valence-electron chi connectivity index (χ1n) is 9.52. The van der Waals surface area contributed by atoms with Gasteiger partial charge in [0.05, 0.1) is 11.1 Å². The first-order valence-corrected chi connectivity index (χ1v) is 10.7. The van der Waals surface area contributed by atoms with E-state index in [4.69, 9.17) is 21.1 Å². The zero-order valence-electron chi connectivity index (χ0n) is 15.9. The number of hydrogen-bond acceptors (Lipinski definition) is 4. The van der Waals surface area contributed by atoms with Crippen molar-refractivity contribution in [1.29, 1.82) is 0 Å². The fraction of sp³-hybridized carbons (Fsp3) is 0.125. The molecule has 0 aliphatic carbocycles. The monoisotopic (exact) mass is 481 g/mol. The number of nitrogens with zero attached hydrogens (tertiary/aromatic N) is 1. The Labute approximate surface area is 187 Å². The van der Waals surface area contributed by atoms with Crippen LogP contribution < -0.4 is 9.47 Å². The number of ether oxygens (including phenoxy) is 2. The minimum Gasteiger partial charge on any atom is -0.478 e. The third kappa shape index (κ3) is 3.76. The minimum absolute atomic E-state index is 0.106. The van der Waals surface area contributed by atoms with E-state index in [1.807, 2.05) is 54.6 Å². The van der Waals surface area contributed by atoms with Gasteiger partial charge in [0.15, 0.2) is 5.76 Å². The molecule has 0 aromatic heterocycles. The quantitative estimate of drug-likeness (QED) is 0.425. The molecule has 0 bridgehead atoms. The Bertz CT molecular complexity index is 1160. The number of Topliss-reactive ketones (excluding diaryl/α,β-unsaturated/α-hetero) is 1. The van der Waals surface area contributed by atoms with E-state index in [2.05, 4.69) is 20.8 Å². The van der Waals surface area contributed by atoms with E-state index in [9.17, 15) is 4.79 Å². The van der Waals surface area contributed by atoms with E-state index in [1.165, 1.54) is 0 Å². The van der Waals surface area contributed by atoms with Gasteiger partial charge in [0.2, 0.25) is 5.78 Å². The predicted molar refractivity (Wildman–Crippen MR) is 120 cm³/mol. The number of hydrogen-bond donors (Lipinski definition) is 0. The number of halogens is 2. The minimum atomic E-state index is -0.106. The molecular formula is C24H17BrClNO3. The Balaban J connectivity index is 1.41. The molecule has 0 radical (unpaired) electrons. The van der Waals surface area contributed by atoms with Crippen molar-refractivity contribution in [3.8, 4) is 11.5 Å². The lowest BCUT2D eigenvalue weighted by Gasteiger charge is -2.29. The van der Waals surface area contributed by atoms with Crippen LogP contribution in [0.15, 0.2) is 70.9 Å². The second-order valence-corrected chi connectivity index (χ2v) is 8.65. The zero-order valence-corrected chi connectivity index (χ0v) is 18.2. The van der Waals surface area contributed by atoms with Crippen LogP contribution in [0, 0.1) is 0 Å². The third-order valence-corrected chi connectivity index (χ3v) is 5.95. The molecule has 30 heavy (non-hydrogen) atoms. The molecule has 0 N–H and O–H groups in total. The van der Waals surface area contributed by atoms with Crippen LogP contribution >= 0.6 is 27.5 Å². The number of carbonyl (C=O) groups excluding carboxylic acids is 1. The Morgan fingerprint density at radius 3 is 2.57 bits per heavy atom. The second-order valence-electron chi connectivity index (χ2n) is 7.30. The van der Waals surface area contributed by atoms with Gasteiger partial charge >= 0.3 is 0 Å². The summed E-state index contributed by atoms with van der Waals surface area (Å²) < 4.78 is 13.0. The molecule has 0 amide bonds. The largest absolute Gasteiger partial charge is 0.478 e. The fourth-order valence-corrected chi connectivity index (χ4v) is 4.05. The highest BCUT2D eigenvalue weighted by atomic mass is 79.9. The number of fused-ring (bicyclic) bond motifs is 3. The SMILES string of the molecule is O=C1/C(=C/c2ccc(Br)cc2)Oc2c1ccc1c2CN(Cc2ccc(Cl)cc2)CO1. The van der Waals surface area contributed by atoms with Gasteiger partial charge in [0.1, 0.15) is 18.2 Å². The van der Waals surface area contributed by atoms with Crippen molar-refractivity contribution in [2.75, 3.05) is 6.73 Å². The van der Waals surface area contributed by atoms with Crippen molar-refractivity contribution in [2.24, 2.45) is 0 Å². The van der Waals surface area contributed by atoms with Crippen molar-refractivity contribution in [2.45, 2.75) is 13.1 Å². The van der Waals surface area contributed by atoms with Gasteiger partial charge in [-0.3, -0.25) is 9.69 Å². The van der Waals surface area contributed by atoms with Gasteiger partial charge in [-0.15, -0.1) is 0 Å². The lowest BCUT2D eigenvalue weighted by molar-refractivity contribution is 0.0873. The molecule has 5 rings (SSSR count). The normalized spacial score (nSPS) is 16.7. The molecular weight excluding hydrogens is 466 g/mol. The van der Waals surface area contributed by atoms with E-state index in [0.717, 1.165) is 33.5 Å². The van der Waals surface area contributed by atoms with E-state index in [0.29, 0.717) is 35.4 Å². The number of carbonyl (C=O) groups is 1. The highest BCUT2D eigenvalue weighted by molar-refractivity contribution is 9.10. The van der Waals surface area contributed by atoms with Crippen LogP contribution in [0.2, 0.25) is 5.02 Å². The van der Waals surface area contributed by atoms with Gasteiger partial charge in [-0.1, -0.05) is 51.8 Å². The van der Waals surface area contributed by atoms with Crippen LogP contribution in [0.4, 0.5) is 0 Å². The molecule has 3 aromatic rings. The summed E-state index contributed by atoms with van der Waals surface area (Å²) in [6, 6.07) is 19.2. The Morgan fingerprint density at radius 1 is 1.03 bits per heavy atom. The highest BCUT2D eigenvalue weighted by Gasteiger charge is 2.33. The first-order chi connectivity index (χ1) is 14.6. The van der Waals surface area contributed by atoms with Gasteiger partial charge in [-0.25, -0.2) is 0 Å². The molecule has 6 heteroatoms. The van der Waals surface area contributed by atoms with Crippen LogP contribution in [-0.4, -0.2) is 17.4 Å². The number of benzene rings is 3. The summed E-state index contributed by atoms with van der Waals surface area (Å²) in [7, 11) is 0. The summed E-state index contributed by atoms with van der Waals surface area (Å²) in [5, 5.41) is 0.716. The Hall–Kier alpha value is -2.60. The van der Waals surface area contributed by atoms with Gasteiger partial charge < -0.3 is 9.47 Å². The molecule has 0 saturated carbocycles. The Morgan fingerprint density at radius 2 is 1.80 bits per heavy atom. The van der Waals surface area contributed by atoms with E-state index in [-0.39, 0.29) is 5.78 Å². The standard InChI is InChI=1S/C24H17BrClNO3/c25-17-5-1-15(2-6-17)11-22-23(28)19-9-10-21-20(24(19)30-22)13-27(14-29-21)12-16-3-7-18(26)8-4-16/h1-11H,12-14H2/b22-11-. The summed E-state index contributed by atoms with van der Waals surface area (Å²) in [5.74, 6) is 1.58. The molecule has 0 unspecified atom stereocenters. The molecule has 0 fully saturated rings. The zero-order chi connectivity index (χ0) is 20.7. The van der Waals surface area contributed by atoms with Crippen molar-refractivity contribution >= 4 is 39.4 Å². The lowest BCUT2D eigenvalue weighted by Crippen LogP contribution is -2.31. The molecule has 4 nitrogen and oxygen atoms in total. The van der Waals surface area contributed by atoms with Crippen LogP contribution in [0.1, 0.15) is 27.0 Å². The summed E-state index contributed by atoms with van der Waals surface area (Å²) in [4.78, 5) is 15.1. The van der Waals surface area contributed by atoms with Crippen molar-refractivity contribution in [3.63, 3.8) is 0 Å². The summed E-state index contributed by atoms with van der Waals surface area (Å²) >= 11 is 9.41. The lowest BCUT2D eigenvalue weighted by atomic mass is 10.0. The second kappa shape index (κ2) is 7.91. The van der Waals surface area contributed by atoms with Crippen LogP contribution in [0.3, 0.4) is 0 Å². The van der Waals surface area contributed by atoms with Crippen molar-refractivity contribution < 1.29 is 14.3 Å². The van der Waals surface area contributed by atoms with E-state index in [1.54, 1.807) is 12.1 Å². The Kier molecular flexibility index (Phi) is 5.11. The molecule has 2 aliphatic rings. The predicted octanol–water partition coefficient (Wildman–Crippen LogP) is 6.07. The maximum atomic E-state index is 12.9. The molecule has 2 aliphatic heterocycles. The number of rotatable bonds is 3. The maximum Gasteiger partial charge on any atom is 0.231 e. The summed E-state index contributed by atoms with van der Waals surface area (Å²) in [5.41, 5.74) is 3.53. The van der Waals surface area contributed by atoms with Crippen molar-refractivity contribution in [3.05, 3.63) is 98.2 Å². The topological polar surface area (TPSA) is 38.8 Å². The average Bonchev–Trinajstić information content (AvgIpc) is 3.07. The molecule has 150 valence electrons. The smallest absolute Gasteiger partial charge is 0.231 e. The van der Waals surface area contributed by atoms with Crippen LogP contribution in [0.5, 0.6) is 11.5 Å². The third-order valence-electron chi connectivity index (χ3n) is 5.17. The molecule has 0 saturated heterocycles. The fourth-order valence-electron chi connectivity index (χ4n) is 3.66. The highest BCUT2D eigenvalue weighted by Crippen LogP contribution is 2.42. The molecule has 0 atom stereocenters. The van der Waals surface area contributed by atoms with Gasteiger partial charge in [-0.2, -0.15) is 0 Å². The number of allylic oxidation sites excluding steroid dienone is 1. The first kappa shape index (κ1) is 19.4. The molecule has 2 heterocycles. The molecule has 0 spiro atoms. The maximum absolute atomic E-state index is 12.9. The van der Waals surface area contributed by atoms with Gasteiger partial charge in [-0.05, 0) is 53.6 Å². The van der Waals surface area contributed by atoms with Crippen LogP contribution in [-0.2, 0) is 13.1 Å². The van der Waals surface area contributed by atoms with Gasteiger partial charge in [0, 0.05) is 22.6 Å². The number of ketones is 1. The van der Waals surface area contributed by atoms with E-state index >= 15 is 0 Å². The molecule has 3 aromatic carbocycles. The van der Waals surface area contributed by atoms with E-state index < -0.39 is 0 Å².